The second kappa shape index (κ2) is 11.6. The highest BCUT2D eigenvalue weighted by atomic mass is 32.2. The van der Waals surface area contributed by atoms with Crippen molar-refractivity contribution in [2.24, 2.45) is 0 Å². The van der Waals surface area contributed by atoms with Crippen molar-refractivity contribution in [1.82, 2.24) is 10.2 Å². The lowest BCUT2D eigenvalue weighted by atomic mass is 10.0. The molecule has 0 aliphatic rings. The Balaban J connectivity index is 2.00. The van der Waals surface area contributed by atoms with E-state index in [0.717, 1.165) is 16.1 Å². The first-order chi connectivity index (χ1) is 16.7. The first kappa shape index (κ1) is 25.9. The van der Waals surface area contributed by atoms with E-state index in [4.69, 9.17) is 0 Å². The molecule has 0 fully saturated rings. The summed E-state index contributed by atoms with van der Waals surface area (Å²) in [4.78, 5) is 28.0. The van der Waals surface area contributed by atoms with E-state index in [0.29, 0.717) is 11.3 Å². The maximum atomic E-state index is 13.7. The van der Waals surface area contributed by atoms with E-state index in [-0.39, 0.29) is 13.0 Å². The van der Waals surface area contributed by atoms with Crippen LogP contribution >= 0.6 is 0 Å². The first-order valence-corrected chi connectivity index (χ1v) is 12.9. The summed E-state index contributed by atoms with van der Waals surface area (Å²) < 4.78 is 39.6. The van der Waals surface area contributed by atoms with Gasteiger partial charge >= 0.3 is 0 Å². The van der Waals surface area contributed by atoms with Crippen LogP contribution in [0.1, 0.15) is 11.1 Å². The maximum absolute atomic E-state index is 13.7. The van der Waals surface area contributed by atoms with E-state index < -0.39 is 40.2 Å². The van der Waals surface area contributed by atoms with Gasteiger partial charge in [-0.25, -0.2) is 12.8 Å². The van der Waals surface area contributed by atoms with E-state index in [2.05, 4.69) is 5.32 Å². The third-order valence-corrected chi connectivity index (χ3v) is 6.65. The van der Waals surface area contributed by atoms with Crippen LogP contribution in [0.4, 0.5) is 10.1 Å². The van der Waals surface area contributed by atoms with Gasteiger partial charge in [0.1, 0.15) is 18.4 Å². The minimum atomic E-state index is -3.80. The quantitative estimate of drug-likeness (QED) is 0.467. The number of carbonyl (C=O) groups excluding carboxylic acids is 2. The van der Waals surface area contributed by atoms with Gasteiger partial charge in [0.05, 0.1) is 11.9 Å². The number of amides is 2. The monoisotopic (exact) mass is 497 g/mol. The van der Waals surface area contributed by atoms with Gasteiger partial charge in [-0.2, -0.15) is 0 Å². The fourth-order valence-corrected chi connectivity index (χ4v) is 4.56. The fraction of sp³-hybridized carbons (Fsp3) is 0.231. The average Bonchev–Trinajstić information content (AvgIpc) is 2.85. The molecule has 35 heavy (non-hydrogen) atoms. The summed E-state index contributed by atoms with van der Waals surface area (Å²) in [7, 11) is -2.32. The van der Waals surface area contributed by atoms with Crippen molar-refractivity contribution in [3.8, 4) is 0 Å². The van der Waals surface area contributed by atoms with Crippen molar-refractivity contribution in [2.45, 2.75) is 19.0 Å². The number of hydrogen-bond acceptors (Lipinski definition) is 4. The molecular formula is C26H28FN3O4S. The Morgan fingerprint density at radius 1 is 0.886 bits per heavy atom. The number of halogens is 1. The summed E-state index contributed by atoms with van der Waals surface area (Å²) in [5.74, 6) is -1.38. The van der Waals surface area contributed by atoms with Gasteiger partial charge in [0.25, 0.3) is 0 Å². The van der Waals surface area contributed by atoms with Gasteiger partial charge in [-0.1, -0.05) is 60.7 Å². The molecule has 1 N–H and O–H groups in total. The predicted octanol–water partition coefficient (Wildman–Crippen LogP) is 2.98. The number of sulfonamides is 1. The summed E-state index contributed by atoms with van der Waals surface area (Å²) in [5, 5.41) is 2.61. The number of likely N-dealkylation sites (N-methyl/N-ethyl adjacent to an activating group) is 1. The fourth-order valence-electron chi connectivity index (χ4n) is 3.72. The van der Waals surface area contributed by atoms with E-state index >= 15 is 0 Å². The van der Waals surface area contributed by atoms with Gasteiger partial charge in [-0.05, 0) is 35.4 Å². The van der Waals surface area contributed by atoms with E-state index in [1.807, 2.05) is 30.3 Å². The van der Waals surface area contributed by atoms with Crippen LogP contribution in [0.25, 0.3) is 0 Å². The molecule has 7 nitrogen and oxygen atoms in total. The molecule has 0 heterocycles. The smallest absolute Gasteiger partial charge is 0.244 e. The molecule has 0 saturated heterocycles. The lowest BCUT2D eigenvalue weighted by Gasteiger charge is -2.33. The van der Waals surface area contributed by atoms with Gasteiger partial charge in [-0.15, -0.1) is 0 Å². The highest BCUT2D eigenvalue weighted by Crippen LogP contribution is 2.20. The molecule has 3 rings (SSSR count). The Morgan fingerprint density at radius 2 is 1.46 bits per heavy atom. The van der Waals surface area contributed by atoms with Gasteiger partial charge in [-0.3, -0.25) is 13.9 Å². The zero-order valence-electron chi connectivity index (χ0n) is 19.6. The second-order valence-electron chi connectivity index (χ2n) is 8.07. The number of para-hydroxylation sites is 1. The summed E-state index contributed by atoms with van der Waals surface area (Å²) in [6.45, 7) is -0.497. The molecule has 2 amide bonds. The second-order valence-corrected chi connectivity index (χ2v) is 9.98. The van der Waals surface area contributed by atoms with Gasteiger partial charge in [0.2, 0.25) is 21.8 Å². The number of anilines is 1. The summed E-state index contributed by atoms with van der Waals surface area (Å²) in [6.07, 6.45) is 1.25. The highest BCUT2D eigenvalue weighted by molar-refractivity contribution is 7.92. The average molecular weight is 498 g/mol. The van der Waals surface area contributed by atoms with E-state index in [9.17, 15) is 22.4 Å². The van der Waals surface area contributed by atoms with Gasteiger partial charge in [0.15, 0.2) is 0 Å². The molecule has 1 atom stereocenters. The molecule has 0 aliphatic carbocycles. The topological polar surface area (TPSA) is 86.8 Å². The van der Waals surface area contributed by atoms with Crippen LogP contribution in [0.5, 0.6) is 0 Å². The number of carbonyl (C=O) groups is 2. The Bertz CT molecular complexity index is 1240. The minimum Gasteiger partial charge on any atom is -0.357 e. The number of hydrogen-bond donors (Lipinski definition) is 1. The Hall–Kier alpha value is -3.72. The largest absolute Gasteiger partial charge is 0.357 e. The third kappa shape index (κ3) is 7.13. The molecule has 0 unspecified atom stereocenters. The molecular weight excluding hydrogens is 469 g/mol. The Morgan fingerprint density at radius 3 is 2.00 bits per heavy atom. The van der Waals surface area contributed by atoms with Crippen LogP contribution < -0.4 is 9.62 Å². The third-order valence-electron chi connectivity index (χ3n) is 5.51. The standard InChI is InChI=1S/C26H28FN3O4S/c1-28-26(32)24(17-20-9-5-3-6-10-20)29(18-21-13-15-22(27)16-14-21)25(31)19-30(35(2,33)34)23-11-7-4-8-12-23/h3-16,24H,17-19H2,1-2H3,(H,28,32)/t24-/m1/s1. The van der Waals surface area contributed by atoms with E-state index in [1.54, 1.807) is 30.3 Å². The van der Waals surface area contributed by atoms with Crippen LogP contribution in [-0.4, -0.2) is 51.0 Å². The highest BCUT2D eigenvalue weighted by Gasteiger charge is 2.32. The van der Waals surface area contributed by atoms with Crippen LogP contribution in [0.2, 0.25) is 0 Å². The van der Waals surface area contributed by atoms with Crippen LogP contribution in [0.15, 0.2) is 84.9 Å². The van der Waals surface area contributed by atoms with Crippen molar-refractivity contribution >= 4 is 27.5 Å². The van der Waals surface area contributed by atoms with E-state index in [1.165, 1.54) is 36.2 Å². The predicted molar refractivity (Wildman–Crippen MR) is 134 cm³/mol. The molecule has 0 spiro atoms. The van der Waals surface area contributed by atoms with Crippen molar-refractivity contribution in [3.05, 3.63) is 102 Å². The lowest BCUT2D eigenvalue weighted by molar-refractivity contribution is -0.139. The number of rotatable bonds is 10. The van der Waals surface area contributed by atoms with Gasteiger partial charge in [0, 0.05) is 20.0 Å². The lowest BCUT2D eigenvalue weighted by Crippen LogP contribution is -2.52. The van der Waals surface area contributed by atoms with Crippen LogP contribution in [0, 0.1) is 5.82 Å². The Kier molecular flexibility index (Phi) is 8.59. The molecule has 0 saturated carbocycles. The van der Waals surface area contributed by atoms with Crippen LogP contribution in [-0.2, 0) is 32.6 Å². The molecule has 0 aliphatic heterocycles. The summed E-state index contributed by atoms with van der Waals surface area (Å²) in [6, 6.07) is 22.2. The number of benzene rings is 3. The van der Waals surface area contributed by atoms with Crippen molar-refractivity contribution in [2.75, 3.05) is 24.2 Å². The van der Waals surface area contributed by atoms with Crippen molar-refractivity contribution in [1.29, 1.82) is 0 Å². The molecule has 0 radical (unpaired) electrons. The maximum Gasteiger partial charge on any atom is 0.244 e. The molecule has 0 bridgehead atoms. The Labute approximate surface area is 205 Å². The van der Waals surface area contributed by atoms with Crippen LogP contribution in [0.3, 0.4) is 0 Å². The SMILES string of the molecule is CNC(=O)[C@@H](Cc1ccccc1)N(Cc1ccc(F)cc1)C(=O)CN(c1ccccc1)S(C)(=O)=O. The molecule has 3 aromatic carbocycles. The number of nitrogens with zero attached hydrogens (tertiary/aromatic N) is 2. The molecule has 184 valence electrons. The summed E-state index contributed by atoms with van der Waals surface area (Å²) in [5.41, 5.74) is 1.78. The van der Waals surface area contributed by atoms with Crippen molar-refractivity contribution in [3.63, 3.8) is 0 Å². The first-order valence-electron chi connectivity index (χ1n) is 11.0. The molecule has 9 heteroatoms. The van der Waals surface area contributed by atoms with Gasteiger partial charge < -0.3 is 10.2 Å². The van der Waals surface area contributed by atoms with Crippen molar-refractivity contribution < 1.29 is 22.4 Å². The minimum absolute atomic E-state index is 0.00355. The zero-order chi connectivity index (χ0) is 25.4. The zero-order valence-corrected chi connectivity index (χ0v) is 20.4. The molecule has 3 aromatic rings. The number of nitrogens with one attached hydrogen (secondary N) is 1. The summed E-state index contributed by atoms with van der Waals surface area (Å²) >= 11 is 0. The normalized spacial score (nSPS) is 12.0. The molecule has 0 aromatic heterocycles.